The molecule has 3 aromatic carbocycles. The molecule has 0 atom stereocenters. The van der Waals surface area contributed by atoms with Crippen LogP contribution >= 0.6 is 0 Å². The number of benzene rings is 3. The van der Waals surface area contributed by atoms with Crippen molar-refractivity contribution in [3.8, 4) is 22.4 Å². The van der Waals surface area contributed by atoms with E-state index in [1.807, 2.05) is 18.2 Å². The van der Waals surface area contributed by atoms with Crippen molar-refractivity contribution in [2.75, 3.05) is 0 Å². The van der Waals surface area contributed by atoms with Crippen molar-refractivity contribution < 1.29 is 28.9 Å². The van der Waals surface area contributed by atoms with Crippen molar-refractivity contribution in [1.29, 1.82) is 0 Å². The Bertz CT molecular complexity index is 1230. The average Bonchev–Trinajstić information content (AvgIpc) is 2.90. The van der Waals surface area contributed by atoms with Crippen molar-refractivity contribution in [2.45, 2.75) is 19.3 Å². The van der Waals surface area contributed by atoms with Gasteiger partial charge in [-0.1, -0.05) is 38.1 Å². The Hall–Kier alpha value is -2.42. The molecule has 141 valence electrons. The number of halogens is 2. The Morgan fingerprint density at radius 3 is 2.32 bits per heavy atom. The first-order valence-electron chi connectivity index (χ1n) is 8.87. The first-order valence-corrected chi connectivity index (χ1v) is 8.87. The predicted octanol–water partition coefficient (Wildman–Crippen LogP) is 6.28. The fraction of sp³-hybridized carbons (Fsp3) is 0.125. The topological polar surface area (TPSA) is 12.9 Å². The molecule has 0 fully saturated rings. The third-order valence-corrected chi connectivity index (χ3v) is 5.53. The predicted molar refractivity (Wildman–Crippen MR) is 103 cm³/mol. The number of fused-ring (bicyclic) bond motifs is 4. The van der Waals surface area contributed by atoms with E-state index in [9.17, 15) is 8.78 Å². The van der Waals surface area contributed by atoms with Gasteiger partial charge < -0.3 is 4.98 Å². The molecule has 0 saturated heterocycles. The summed E-state index contributed by atoms with van der Waals surface area (Å²) in [5, 5.41) is 2.36. The molecule has 0 spiro atoms. The van der Waals surface area contributed by atoms with E-state index in [0.29, 0.717) is 11.3 Å². The molecule has 4 aromatic rings. The van der Waals surface area contributed by atoms with Crippen LogP contribution in [0.1, 0.15) is 25.0 Å². The molecule has 0 N–H and O–H groups in total. The van der Waals surface area contributed by atoms with Gasteiger partial charge in [0.15, 0.2) is 0 Å². The number of pyridine rings is 1. The second kappa shape index (κ2) is 6.58. The summed E-state index contributed by atoms with van der Waals surface area (Å²) in [6.07, 6.45) is 1.73. The number of rotatable bonds is 1. The molecular weight excluding hydrogens is 532 g/mol. The minimum absolute atomic E-state index is 0. The van der Waals surface area contributed by atoms with E-state index in [2.05, 4.69) is 49.2 Å². The first-order chi connectivity index (χ1) is 13.0. The molecule has 1 nitrogen and oxygen atoms in total. The Kier molecular flexibility index (Phi) is 4.44. The molecule has 0 bridgehead atoms. The summed E-state index contributed by atoms with van der Waals surface area (Å²) in [5.74, 6) is -1.79. The second-order valence-corrected chi connectivity index (χ2v) is 7.49. The van der Waals surface area contributed by atoms with Gasteiger partial charge in [-0.25, -0.2) is 4.39 Å². The molecule has 1 heterocycles. The van der Waals surface area contributed by atoms with Crippen LogP contribution in [0.2, 0.25) is 0 Å². The van der Waals surface area contributed by atoms with E-state index in [1.54, 1.807) is 6.20 Å². The number of hydrogen-bond donors (Lipinski definition) is 0. The summed E-state index contributed by atoms with van der Waals surface area (Å²) in [5.41, 5.74) is 5.30. The van der Waals surface area contributed by atoms with Crippen LogP contribution in [0.4, 0.5) is 8.78 Å². The third-order valence-electron chi connectivity index (χ3n) is 5.53. The van der Waals surface area contributed by atoms with E-state index in [-0.39, 0.29) is 25.5 Å². The monoisotopic (exact) mass is 549 g/mol. The molecule has 1 radical (unpaired) electrons. The van der Waals surface area contributed by atoms with E-state index in [1.165, 1.54) is 28.0 Å². The summed E-state index contributed by atoms with van der Waals surface area (Å²) in [7, 11) is 0. The molecule has 1 aliphatic rings. The molecule has 0 unspecified atom stereocenters. The zero-order valence-corrected chi connectivity index (χ0v) is 17.7. The van der Waals surface area contributed by atoms with E-state index < -0.39 is 11.6 Å². The SMILES string of the molecule is CC1(C)c2cc3ccccc3cc2-c2ccnc(-c3[c-]cc(F)c(F)c3)c21.[Ir]. The number of nitrogens with zero attached hydrogens (tertiary/aromatic N) is 1. The van der Waals surface area contributed by atoms with Crippen molar-refractivity contribution in [2.24, 2.45) is 0 Å². The quantitative estimate of drug-likeness (QED) is 0.255. The summed E-state index contributed by atoms with van der Waals surface area (Å²) in [4.78, 5) is 4.52. The molecule has 0 amide bonds. The molecule has 28 heavy (non-hydrogen) atoms. The Morgan fingerprint density at radius 1 is 0.893 bits per heavy atom. The van der Waals surface area contributed by atoms with E-state index >= 15 is 0 Å². The van der Waals surface area contributed by atoms with Crippen LogP contribution in [-0.2, 0) is 25.5 Å². The van der Waals surface area contributed by atoms with Gasteiger partial charge in [0.25, 0.3) is 0 Å². The van der Waals surface area contributed by atoms with Gasteiger partial charge in [0.2, 0.25) is 0 Å². The van der Waals surface area contributed by atoms with Gasteiger partial charge in [0, 0.05) is 31.7 Å². The van der Waals surface area contributed by atoms with Crippen LogP contribution in [0.15, 0.2) is 60.8 Å². The van der Waals surface area contributed by atoms with Gasteiger partial charge in [0.05, 0.1) is 11.6 Å². The zero-order chi connectivity index (χ0) is 18.8. The third kappa shape index (κ3) is 2.63. The van der Waals surface area contributed by atoms with Crippen LogP contribution in [0, 0.1) is 17.7 Å². The maximum absolute atomic E-state index is 13.8. The van der Waals surface area contributed by atoms with Gasteiger partial charge >= 0.3 is 0 Å². The van der Waals surface area contributed by atoms with Crippen molar-refractivity contribution >= 4 is 10.8 Å². The van der Waals surface area contributed by atoms with Crippen LogP contribution < -0.4 is 0 Å². The standard InChI is InChI=1S/C24H16F2N.Ir/c1-24(2)19-12-15-6-4-3-5-14(15)11-18(19)17-9-10-27-23(22(17)24)16-7-8-20(25)21(26)13-16;/h3-6,8-13H,1-2H3;/q-1;. The van der Waals surface area contributed by atoms with Crippen LogP contribution in [0.25, 0.3) is 33.2 Å². The van der Waals surface area contributed by atoms with Crippen LogP contribution in [0.5, 0.6) is 0 Å². The second-order valence-electron chi connectivity index (χ2n) is 7.49. The summed E-state index contributed by atoms with van der Waals surface area (Å²) < 4.78 is 27.2. The van der Waals surface area contributed by atoms with Gasteiger partial charge in [-0.3, -0.25) is 4.39 Å². The Labute approximate surface area is 175 Å². The van der Waals surface area contributed by atoms with Crippen LogP contribution in [0.3, 0.4) is 0 Å². The van der Waals surface area contributed by atoms with Gasteiger partial charge in [-0.2, -0.15) is 0 Å². The first kappa shape index (κ1) is 18.9. The molecule has 0 saturated carbocycles. The van der Waals surface area contributed by atoms with Gasteiger partial charge in [-0.05, 0) is 56.9 Å². The number of aromatic nitrogens is 1. The minimum atomic E-state index is -0.903. The Balaban J connectivity index is 0.00000192. The summed E-state index contributed by atoms with van der Waals surface area (Å²) >= 11 is 0. The Morgan fingerprint density at radius 2 is 1.61 bits per heavy atom. The molecular formula is C24H16F2IrN-. The van der Waals surface area contributed by atoms with Crippen molar-refractivity contribution in [3.63, 3.8) is 0 Å². The molecule has 0 aliphatic heterocycles. The fourth-order valence-corrected chi connectivity index (χ4v) is 4.22. The molecule has 4 heteroatoms. The molecule has 5 rings (SSSR count). The van der Waals surface area contributed by atoms with Crippen molar-refractivity contribution in [1.82, 2.24) is 4.98 Å². The summed E-state index contributed by atoms with van der Waals surface area (Å²) in [6.45, 7) is 4.30. The maximum atomic E-state index is 13.8. The average molecular weight is 549 g/mol. The fourth-order valence-electron chi connectivity index (χ4n) is 4.22. The normalized spacial score (nSPS) is 13.7. The van der Waals surface area contributed by atoms with Gasteiger partial charge in [-0.15, -0.1) is 23.8 Å². The van der Waals surface area contributed by atoms with E-state index in [0.717, 1.165) is 17.2 Å². The summed E-state index contributed by atoms with van der Waals surface area (Å²) in [6, 6.07) is 19.8. The molecule has 1 aromatic heterocycles. The van der Waals surface area contributed by atoms with Gasteiger partial charge in [0.1, 0.15) is 0 Å². The minimum Gasteiger partial charge on any atom is -0.304 e. The van der Waals surface area contributed by atoms with Crippen LogP contribution in [-0.4, -0.2) is 4.98 Å². The maximum Gasteiger partial charge on any atom is 0.0765 e. The van der Waals surface area contributed by atoms with Crippen molar-refractivity contribution in [3.05, 3.63) is 89.6 Å². The largest absolute Gasteiger partial charge is 0.304 e. The molecule has 1 aliphatic carbocycles. The zero-order valence-electron chi connectivity index (χ0n) is 15.3. The number of hydrogen-bond acceptors (Lipinski definition) is 1. The van der Waals surface area contributed by atoms with E-state index in [4.69, 9.17) is 0 Å². The smallest absolute Gasteiger partial charge is 0.0765 e.